The highest BCUT2D eigenvalue weighted by Crippen LogP contribution is 2.26. The van der Waals surface area contributed by atoms with Gasteiger partial charge < -0.3 is 10.2 Å². The van der Waals surface area contributed by atoms with Crippen LogP contribution in [0.3, 0.4) is 0 Å². The van der Waals surface area contributed by atoms with Crippen LogP contribution in [0.25, 0.3) is 0 Å². The van der Waals surface area contributed by atoms with Crippen LogP contribution in [0, 0.1) is 0 Å². The number of halogens is 3. The normalized spacial score (nSPS) is 12.5. The van der Waals surface area contributed by atoms with Crippen LogP contribution in [0.1, 0.15) is 31.9 Å². The minimum absolute atomic E-state index is 0.0535. The largest absolute Gasteiger partial charge is 0.350 e. The van der Waals surface area contributed by atoms with Crippen LogP contribution >= 0.6 is 34.8 Å². The molecule has 0 heterocycles. The molecular formula is C29H32Cl3N3O4S. The fourth-order valence-electron chi connectivity index (χ4n) is 4.06. The van der Waals surface area contributed by atoms with E-state index in [1.54, 1.807) is 30.3 Å². The van der Waals surface area contributed by atoms with E-state index >= 15 is 0 Å². The molecule has 40 heavy (non-hydrogen) atoms. The molecule has 0 aliphatic heterocycles. The van der Waals surface area contributed by atoms with Crippen molar-refractivity contribution in [1.29, 1.82) is 0 Å². The van der Waals surface area contributed by atoms with Crippen LogP contribution in [0.5, 0.6) is 0 Å². The van der Waals surface area contributed by atoms with Gasteiger partial charge in [-0.2, -0.15) is 0 Å². The number of anilines is 1. The number of nitrogens with zero attached hydrogens (tertiary/aromatic N) is 2. The molecule has 0 radical (unpaired) electrons. The molecule has 1 atom stereocenters. The molecule has 1 N–H and O–H groups in total. The van der Waals surface area contributed by atoms with E-state index in [1.165, 1.54) is 17.0 Å². The van der Waals surface area contributed by atoms with Gasteiger partial charge in [-0.25, -0.2) is 8.42 Å². The number of amides is 2. The van der Waals surface area contributed by atoms with Crippen LogP contribution in [0.4, 0.5) is 5.69 Å². The number of sulfonamides is 1. The monoisotopic (exact) mass is 623 g/mol. The predicted molar refractivity (Wildman–Crippen MR) is 162 cm³/mol. The lowest BCUT2D eigenvalue weighted by Gasteiger charge is -2.35. The standard InChI is InChI=1S/C29H32Cl3N3O4S/c1-29(2,3)33-28(37)26(16-20-8-6-5-7-9-20)34(18-21-10-11-23(31)17-25(21)32)27(36)19-35(40(4,38)39)24-14-12-22(30)13-15-24/h5-15,17,26H,16,18-19H2,1-4H3,(H,33,37)/t26-/m1/s1. The minimum atomic E-state index is -3.88. The first-order chi connectivity index (χ1) is 18.6. The molecule has 0 aliphatic carbocycles. The molecule has 0 aromatic heterocycles. The van der Waals surface area contributed by atoms with Gasteiger partial charge in [0, 0.05) is 33.6 Å². The Balaban J connectivity index is 2.09. The quantitative estimate of drug-likeness (QED) is 0.301. The van der Waals surface area contributed by atoms with Crippen LogP contribution in [0.2, 0.25) is 15.1 Å². The van der Waals surface area contributed by atoms with Crippen LogP contribution < -0.4 is 9.62 Å². The van der Waals surface area contributed by atoms with Crippen LogP contribution in [-0.2, 0) is 32.6 Å². The summed E-state index contributed by atoms with van der Waals surface area (Å²) in [6.45, 7) is 4.94. The number of carbonyl (C=O) groups excluding carboxylic acids is 2. The van der Waals surface area contributed by atoms with E-state index in [2.05, 4.69) is 5.32 Å². The number of benzene rings is 3. The second-order valence-corrected chi connectivity index (χ2v) is 13.6. The Morgan fingerprint density at radius 2 is 1.50 bits per heavy atom. The topological polar surface area (TPSA) is 86.8 Å². The lowest BCUT2D eigenvalue weighted by molar-refractivity contribution is -0.140. The van der Waals surface area contributed by atoms with E-state index < -0.39 is 34.1 Å². The molecule has 0 unspecified atom stereocenters. The van der Waals surface area contributed by atoms with Gasteiger partial charge in [0.2, 0.25) is 21.8 Å². The zero-order chi connectivity index (χ0) is 29.7. The number of hydrogen-bond donors (Lipinski definition) is 1. The lowest BCUT2D eigenvalue weighted by Crippen LogP contribution is -2.56. The Kier molecular flexibility index (Phi) is 10.5. The summed E-state index contributed by atoms with van der Waals surface area (Å²) in [6.07, 6.45) is 1.21. The highest BCUT2D eigenvalue weighted by Gasteiger charge is 2.34. The fourth-order valence-corrected chi connectivity index (χ4v) is 5.51. The average molecular weight is 625 g/mol. The van der Waals surface area contributed by atoms with Crippen molar-refractivity contribution in [2.24, 2.45) is 0 Å². The molecule has 0 saturated heterocycles. The van der Waals surface area contributed by atoms with Gasteiger partial charge in [0.25, 0.3) is 0 Å². The molecule has 3 rings (SSSR count). The Labute approximate surface area is 251 Å². The molecule has 0 saturated carbocycles. The smallest absolute Gasteiger partial charge is 0.244 e. The summed E-state index contributed by atoms with van der Waals surface area (Å²) in [7, 11) is -3.88. The molecule has 3 aromatic carbocycles. The minimum Gasteiger partial charge on any atom is -0.350 e. The van der Waals surface area contributed by atoms with Crippen molar-refractivity contribution in [2.45, 2.75) is 45.3 Å². The third-order valence-electron chi connectivity index (χ3n) is 5.92. The zero-order valence-corrected chi connectivity index (χ0v) is 25.8. The van der Waals surface area contributed by atoms with E-state index in [4.69, 9.17) is 34.8 Å². The SMILES string of the molecule is CC(C)(C)NC(=O)[C@@H](Cc1ccccc1)N(Cc1ccc(Cl)cc1Cl)C(=O)CN(c1ccc(Cl)cc1)S(C)(=O)=O. The second kappa shape index (κ2) is 13.3. The Bertz CT molecular complexity index is 1440. The summed E-state index contributed by atoms with van der Waals surface area (Å²) in [5.74, 6) is -0.969. The molecule has 214 valence electrons. The van der Waals surface area contributed by atoms with Crippen molar-refractivity contribution in [3.8, 4) is 0 Å². The summed E-state index contributed by atoms with van der Waals surface area (Å²) in [5.41, 5.74) is 1.07. The summed E-state index contributed by atoms with van der Waals surface area (Å²) in [4.78, 5) is 29.2. The Morgan fingerprint density at radius 3 is 2.05 bits per heavy atom. The number of carbonyl (C=O) groups is 2. The van der Waals surface area contributed by atoms with Gasteiger partial charge in [0.05, 0.1) is 11.9 Å². The van der Waals surface area contributed by atoms with Gasteiger partial charge in [-0.3, -0.25) is 13.9 Å². The van der Waals surface area contributed by atoms with Crippen molar-refractivity contribution in [3.05, 3.63) is 99.0 Å². The summed E-state index contributed by atoms with van der Waals surface area (Å²) in [5, 5.41) is 4.13. The summed E-state index contributed by atoms with van der Waals surface area (Å²) >= 11 is 18.6. The van der Waals surface area contributed by atoms with Gasteiger partial charge in [0.1, 0.15) is 12.6 Å². The van der Waals surface area contributed by atoms with Crippen LogP contribution in [-0.4, -0.2) is 49.5 Å². The fraction of sp³-hybridized carbons (Fsp3) is 0.310. The first-order valence-corrected chi connectivity index (χ1v) is 15.4. The van der Waals surface area contributed by atoms with E-state index in [0.717, 1.165) is 16.1 Å². The number of nitrogens with one attached hydrogen (secondary N) is 1. The number of rotatable bonds is 10. The Morgan fingerprint density at radius 1 is 0.900 bits per heavy atom. The van der Waals surface area contributed by atoms with Crippen molar-refractivity contribution in [2.75, 3.05) is 17.1 Å². The molecule has 0 aliphatic rings. The van der Waals surface area contributed by atoms with Crippen LogP contribution in [0.15, 0.2) is 72.8 Å². The molecule has 2 amide bonds. The number of hydrogen-bond acceptors (Lipinski definition) is 4. The maximum atomic E-state index is 14.1. The lowest BCUT2D eigenvalue weighted by atomic mass is 10.0. The van der Waals surface area contributed by atoms with Gasteiger partial charge in [0.15, 0.2) is 0 Å². The first kappa shape index (κ1) is 31.7. The van der Waals surface area contributed by atoms with E-state index in [-0.39, 0.29) is 24.6 Å². The maximum Gasteiger partial charge on any atom is 0.244 e. The van der Waals surface area contributed by atoms with Crippen molar-refractivity contribution in [1.82, 2.24) is 10.2 Å². The van der Waals surface area contributed by atoms with Crippen molar-refractivity contribution in [3.63, 3.8) is 0 Å². The zero-order valence-electron chi connectivity index (χ0n) is 22.7. The third kappa shape index (κ3) is 9.13. The molecule has 11 heteroatoms. The predicted octanol–water partition coefficient (Wildman–Crippen LogP) is 5.97. The second-order valence-electron chi connectivity index (χ2n) is 10.4. The Hall–Kier alpha value is -2.78. The molecule has 3 aromatic rings. The highest BCUT2D eigenvalue weighted by atomic mass is 35.5. The maximum absolute atomic E-state index is 14.1. The van der Waals surface area contributed by atoms with Crippen molar-refractivity contribution >= 4 is 62.3 Å². The van der Waals surface area contributed by atoms with Gasteiger partial charge in [-0.1, -0.05) is 71.2 Å². The summed E-state index contributed by atoms with van der Waals surface area (Å²) < 4.78 is 26.6. The van der Waals surface area contributed by atoms with Gasteiger partial charge in [-0.05, 0) is 68.3 Å². The van der Waals surface area contributed by atoms with E-state index in [0.29, 0.717) is 20.6 Å². The van der Waals surface area contributed by atoms with Gasteiger partial charge in [-0.15, -0.1) is 0 Å². The molecule has 0 fully saturated rings. The molecule has 0 bridgehead atoms. The highest BCUT2D eigenvalue weighted by molar-refractivity contribution is 7.92. The molecule has 0 spiro atoms. The third-order valence-corrected chi connectivity index (χ3v) is 7.90. The van der Waals surface area contributed by atoms with E-state index in [1.807, 2.05) is 51.1 Å². The average Bonchev–Trinajstić information content (AvgIpc) is 2.85. The first-order valence-electron chi connectivity index (χ1n) is 12.5. The molecular weight excluding hydrogens is 593 g/mol. The summed E-state index contributed by atoms with van der Waals surface area (Å²) in [6, 6.07) is 19.3. The molecule has 7 nitrogen and oxygen atoms in total. The van der Waals surface area contributed by atoms with Crippen molar-refractivity contribution < 1.29 is 18.0 Å². The van der Waals surface area contributed by atoms with E-state index in [9.17, 15) is 18.0 Å². The van der Waals surface area contributed by atoms with Gasteiger partial charge >= 0.3 is 0 Å².